The normalized spacial score (nSPS) is 23.6. The molecule has 0 radical (unpaired) electrons. The Balaban J connectivity index is 2.12. The Morgan fingerprint density at radius 3 is 2.71 bits per heavy atom. The van der Waals surface area contributed by atoms with Crippen molar-refractivity contribution >= 4 is 11.8 Å². The van der Waals surface area contributed by atoms with Gasteiger partial charge in [-0.15, -0.1) is 0 Å². The Labute approximate surface area is 166 Å². The number of imidazole rings is 1. The topological polar surface area (TPSA) is 63.1 Å². The molecule has 5 heteroatoms. The molecule has 2 aliphatic rings. The first-order chi connectivity index (χ1) is 13.1. The van der Waals surface area contributed by atoms with Crippen molar-refractivity contribution in [3.63, 3.8) is 0 Å². The molecule has 0 spiro atoms. The zero-order valence-electron chi connectivity index (χ0n) is 17.7. The second-order valence-electron chi connectivity index (χ2n) is 8.95. The Morgan fingerprint density at radius 2 is 2.07 bits per heavy atom. The minimum atomic E-state index is -0.567. The first-order valence-electron chi connectivity index (χ1n) is 9.74. The van der Waals surface area contributed by atoms with Crippen molar-refractivity contribution in [3.8, 4) is 0 Å². The molecular weight excluding hydrogens is 348 g/mol. The molecule has 3 rings (SSSR count). The van der Waals surface area contributed by atoms with Gasteiger partial charge in [0, 0.05) is 19.2 Å². The number of allylic oxidation sites excluding steroid dienone is 7. The first kappa shape index (κ1) is 20.1. The van der Waals surface area contributed by atoms with E-state index in [4.69, 9.17) is 10.4 Å². The molecule has 0 fully saturated rings. The van der Waals surface area contributed by atoms with Crippen LogP contribution in [0.5, 0.6) is 0 Å². The van der Waals surface area contributed by atoms with Gasteiger partial charge in [-0.2, -0.15) is 0 Å². The largest absolute Gasteiger partial charge is 0.330 e. The molecule has 1 aromatic heterocycles. The van der Waals surface area contributed by atoms with Gasteiger partial charge in [0.2, 0.25) is 0 Å². The monoisotopic (exact) mass is 378 g/mol. The van der Waals surface area contributed by atoms with Gasteiger partial charge in [-0.3, -0.25) is 19.5 Å². The summed E-state index contributed by atoms with van der Waals surface area (Å²) in [5.74, 6) is 0. The summed E-state index contributed by atoms with van der Waals surface area (Å²) in [6.07, 6.45) is 14.5. The van der Waals surface area contributed by atoms with E-state index in [1.165, 1.54) is 0 Å². The molecule has 5 nitrogen and oxygen atoms in total. The van der Waals surface area contributed by atoms with Gasteiger partial charge in [0.1, 0.15) is 0 Å². The highest BCUT2D eigenvalue weighted by Crippen LogP contribution is 2.32. The van der Waals surface area contributed by atoms with Crippen LogP contribution in [0, 0.1) is 10.8 Å². The lowest BCUT2D eigenvalue weighted by atomic mass is 9.80. The summed E-state index contributed by atoms with van der Waals surface area (Å²) >= 11 is 0. The van der Waals surface area contributed by atoms with E-state index in [2.05, 4.69) is 26.8 Å². The highest BCUT2D eigenvalue weighted by molar-refractivity contribution is 6.15. The van der Waals surface area contributed by atoms with Crippen molar-refractivity contribution in [2.75, 3.05) is 0 Å². The van der Waals surface area contributed by atoms with Gasteiger partial charge in [-0.1, -0.05) is 63.3 Å². The van der Waals surface area contributed by atoms with Crippen molar-refractivity contribution in [2.45, 2.75) is 53.1 Å². The van der Waals surface area contributed by atoms with Gasteiger partial charge >= 0.3 is 5.69 Å². The zero-order chi connectivity index (χ0) is 20.7. The predicted octanol–water partition coefficient (Wildman–Crippen LogP) is 2.81. The van der Waals surface area contributed by atoms with Crippen LogP contribution >= 0.6 is 0 Å². The summed E-state index contributed by atoms with van der Waals surface area (Å²) < 4.78 is 3.46. The fourth-order valence-electron chi connectivity index (χ4n) is 3.73. The number of fused-ring (bicyclic) bond motifs is 1. The van der Waals surface area contributed by atoms with Crippen LogP contribution in [0.3, 0.4) is 0 Å². The summed E-state index contributed by atoms with van der Waals surface area (Å²) in [7, 11) is 1.78. The Hall–Kier alpha value is -2.69. The van der Waals surface area contributed by atoms with Crippen molar-refractivity contribution in [1.29, 1.82) is 5.41 Å². The number of nitrogens with one attached hydrogen (secondary N) is 1. The summed E-state index contributed by atoms with van der Waals surface area (Å²) in [5.41, 5.74) is 2.33. The van der Waals surface area contributed by atoms with Crippen molar-refractivity contribution in [2.24, 2.45) is 17.5 Å². The maximum absolute atomic E-state index is 12.8. The number of nitrogens with zero attached hydrogens (tertiary/aromatic N) is 3. The lowest BCUT2D eigenvalue weighted by Crippen LogP contribution is -2.44. The minimum absolute atomic E-state index is 0.00114. The fourth-order valence-corrected chi connectivity index (χ4v) is 3.73. The second kappa shape index (κ2) is 7.04. The Bertz CT molecular complexity index is 1110. The van der Waals surface area contributed by atoms with E-state index in [0.29, 0.717) is 24.2 Å². The molecule has 1 atom stereocenters. The lowest BCUT2D eigenvalue weighted by molar-refractivity contribution is 0.333. The summed E-state index contributed by atoms with van der Waals surface area (Å²) in [6.45, 7) is 11.0. The maximum Gasteiger partial charge on any atom is 0.330 e. The predicted molar refractivity (Wildman–Crippen MR) is 115 cm³/mol. The molecule has 1 unspecified atom stereocenters. The van der Waals surface area contributed by atoms with Gasteiger partial charge in [0.05, 0.1) is 16.6 Å². The van der Waals surface area contributed by atoms with Crippen LogP contribution in [0.15, 0.2) is 57.4 Å². The van der Waals surface area contributed by atoms with Crippen LogP contribution < -0.4 is 16.5 Å². The van der Waals surface area contributed by atoms with Gasteiger partial charge < -0.3 is 0 Å². The van der Waals surface area contributed by atoms with E-state index in [0.717, 1.165) is 16.5 Å². The minimum Gasteiger partial charge on any atom is -0.300 e. The van der Waals surface area contributed by atoms with Gasteiger partial charge in [-0.25, -0.2) is 4.79 Å². The van der Waals surface area contributed by atoms with Crippen LogP contribution in [0.2, 0.25) is 0 Å². The number of aromatic nitrogens is 2. The van der Waals surface area contributed by atoms with Crippen LogP contribution in [0.4, 0.5) is 0 Å². The van der Waals surface area contributed by atoms with E-state index in [1.807, 2.05) is 54.9 Å². The number of rotatable bonds is 3. The molecule has 0 amide bonds. The fraction of sp³-hybridized carbons (Fsp3) is 0.435. The van der Waals surface area contributed by atoms with Crippen LogP contribution in [-0.2, 0) is 13.6 Å². The Kier molecular flexibility index (Phi) is 5.04. The maximum atomic E-state index is 12.8. The molecule has 148 valence electrons. The van der Waals surface area contributed by atoms with E-state index < -0.39 is 5.54 Å². The van der Waals surface area contributed by atoms with Crippen LogP contribution in [0.25, 0.3) is 6.08 Å². The third-order valence-corrected chi connectivity index (χ3v) is 5.18. The van der Waals surface area contributed by atoms with Crippen molar-refractivity contribution < 1.29 is 0 Å². The van der Waals surface area contributed by atoms with Gasteiger partial charge in [-0.05, 0) is 31.3 Å². The third kappa shape index (κ3) is 3.53. The smallest absolute Gasteiger partial charge is 0.300 e. The molecule has 28 heavy (non-hydrogen) atoms. The van der Waals surface area contributed by atoms with Gasteiger partial charge in [0.15, 0.2) is 5.49 Å². The molecule has 0 bridgehead atoms. The highest BCUT2D eigenvalue weighted by Gasteiger charge is 2.34. The van der Waals surface area contributed by atoms with Crippen molar-refractivity contribution in [1.82, 2.24) is 9.13 Å². The first-order valence-corrected chi connectivity index (χ1v) is 9.74. The molecule has 0 saturated heterocycles. The van der Waals surface area contributed by atoms with E-state index in [1.54, 1.807) is 11.6 Å². The quantitative estimate of drug-likeness (QED) is 0.864. The average molecular weight is 379 g/mol. The van der Waals surface area contributed by atoms with Gasteiger partial charge in [0.25, 0.3) is 0 Å². The Morgan fingerprint density at radius 1 is 1.36 bits per heavy atom. The molecule has 0 aromatic carbocycles. The standard InChI is InChI=1S/C23H30N4O/c1-7-8-10-16-11-9-12-17(19(16)24)23(5)14-13-18-20(25-23)26(6)21(28)27(18)15-22(2,3)4/h7-13,24H,14-15H2,1-6H3/b8-7-,16-10-,24-19?. The van der Waals surface area contributed by atoms with Crippen LogP contribution in [0.1, 0.15) is 41.0 Å². The number of hydrogen-bond donors (Lipinski definition) is 1. The second-order valence-corrected chi connectivity index (χ2v) is 8.95. The van der Waals surface area contributed by atoms with Crippen molar-refractivity contribution in [3.05, 3.63) is 68.9 Å². The average Bonchev–Trinajstić information content (AvgIpc) is 2.84. The van der Waals surface area contributed by atoms with E-state index in [-0.39, 0.29) is 11.1 Å². The molecule has 1 aromatic rings. The zero-order valence-corrected chi connectivity index (χ0v) is 17.7. The molecule has 1 aliphatic heterocycles. The molecule has 0 saturated carbocycles. The van der Waals surface area contributed by atoms with E-state index in [9.17, 15) is 4.79 Å². The SMILES string of the molecule is C/C=C\C=C1\C=CC=C(C2(C)CC=c3c(n(C)c(=O)n3CC(C)(C)C)=N2)C1=N. The lowest BCUT2D eigenvalue weighted by Gasteiger charge is -2.31. The summed E-state index contributed by atoms with van der Waals surface area (Å²) in [5, 5.41) is 9.57. The molecule has 1 aliphatic carbocycles. The molecule has 2 heterocycles. The molecular formula is C23H30N4O. The molecule has 1 N–H and O–H groups in total. The van der Waals surface area contributed by atoms with E-state index >= 15 is 0 Å². The highest BCUT2D eigenvalue weighted by atomic mass is 16.1. The summed E-state index contributed by atoms with van der Waals surface area (Å²) in [6, 6.07) is 0. The third-order valence-electron chi connectivity index (χ3n) is 5.18. The summed E-state index contributed by atoms with van der Waals surface area (Å²) in [4.78, 5) is 17.8. The van der Waals surface area contributed by atoms with Crippen LogP contribution in [-0.4, -0.2) is 20.4 Å². The number of hydrogen-bond acceptors (Lipinski definition) is 3.